The molecule has 0 aliphatic heterocycles. The van der Waals surface area contributed by atoms with Crippen molar-refractivity contribution in [2.24, 2.45) is 0 Å². The summed E-state index contributed by atoms with van der Waals surface area (Å²) < 4.78 is 5.63. The fourth-order valence-corrected chi connectivity index (χ4v) is 2.38. The molecule has 0 saturated carbocycles. The number of rotatable bonds is 5. The number of urea groups is 1. The molecule has 5 heteroatoms. The van der Waals surface area contributed by atoms with Crippen molar-refractivity contribution in [1.29, 1.82) is 0 Å². The van der Waals surface area contributed by atoms with Crippen LogP contribution < -0.4 is 15.4 Å². The Bertz CT molecular complexity index is 701. The highest BCUT2D eigenvalue weighted by Crippen LogP contribution is 2.21. The van der Waals surface area contributed by atoms with E-state index in [0.29, 0.717) is 18.2 Å². The Kier molecular flexibility index (Phi) is 5.88. The van der Waals surface area contributed by atoms with Crippen LogP contribution in [-0.4, -0.2) is 19.2 Å². The van der Waals surface area contributed by atoms with Gasteiger partial charge in [0.1, 0.15) is 12.4 Å². The van der Waals surface area contributed by atoms with Gasteiger partial charge in [-0.3, -0.25) is 0 Å². The zero-order valence-electron chi connectivity index (χ0n) is 13.6. The lowest BCUT2D eigenvalue weighted by Crippen LogP contribution is -2.32. The van der Waals surface area contributed by atoms with Gasteiger partial charge in [0.25, 0.3) is 0 Å². The Hall–Kier alpha value is -2.20. The minimum atomic E-state index is -0.241. The highest BCUT2D eigenvalue weighted by molar-refractivity contribution is 6.30. The lowest BCUT2D eigenvalue weighted by molar-refractivity contribution is 0.247. The molecule has 4 nitrogen and oxygen atoms in total. The van der Waals surface area contributed by atoms with E-state index in [0.717, 1.165) is 28.1 Å². The van der Waals surface area contributed by atoms with E-state index in [1.165, 1.54) is 0 Å². The van der Waals surface area contributed by atoms with Gasteiger partial charge in [-0.25, -0.2) is 4.79 Å². The molecule has 2 rings (SSSR count). The molecule has 0 bridgehead atoms. The number of anilines is 1. The van der Waals surface area contributed by atoms with Crippen molar-refractivity contribution in [2.75, 3.05) is 18.5 Å². The number of carbonyl (C=O) groups is 1. The second kappa shape index (κ2) is 7.88. The molecule has 0 radical (unpaired) electrons. The van der Waals surface area contributed by atoms with E-state index in [1.807, 2.05) is 51.1 Å². The summed E-state index contributed by atoms with van der Waals surface area (Å²) in [5.74, 6) is 0.770. The number of benzene rings is 2. The third-order valence-electron chi connectivity index (χ3n) is 3.63. The average Bonchev–Trinajstić information content (AvgIpc) is 2.50. The summed E-state index contributed by atoms with van der Waals surface area (Å²) in [4.78, 5) is 11.9. The SMILES string of the molecule is Cc1cc(Cl)ccc1OCCNC(=O)Nc1cccc(C)c1C. The van der Waals surface area contributed by atoms with Crippen LogP contribution in [0, 0.1) is 20.8 Å². The van der Waals surface area contributed by atoms with Gasteiger partial charge in [-0.15, -0.1) is 0 Å². The van der Waals surface area contributed by atoms with Crippen LogP contribution in [0.3, 0.4) is 0 Å². The maximum Gasteiger partial charge on any atom is 0.319 e. The molecule has 0 unspecified atom stereocenters. The van der Waals surface area contributed by atoms with E-state index >= 15 is 0 Å². The van der Waals surface area contributed by atoms with Crippen molar-refractivity contribution in [2.45, 2.75) is 20.8 Å². The van der Waals surface area contributed by atoms with Gasteiger partial charge in [-0.05, 0) is 61.7 Å². The van der Waals surface area contributed by atoms with Gasteiger partial charge in [0.05, 0.1) is 6.54 Å². The van der Waals surface area contributed by atoms with Crippen LogP contribution in [0.2, 0.25) is 5.02 Å². The Labute approximate surface area is 141 Å². The van der Waals surface area contributed by atoms with E-state index in [2.05, 4.69) is 10.6 Å². The van der Waals surface area contributed by atoms with Gasteiger partial charge < -0.3 is 15.4 Å². The monoisotopic (exact) mass is 332 g/mol. The summed E-state index contributed by atoms with van der Waals surface area (Å²) in [7, 11) is 0. The maximum atomic E-state index is 11.9. The molecule has 2 aromatic rings. The van der Waals surface area contributed by atoms with E-state index in [4.69, 9.17) is 16.3 Å². The van der Waals surface area contributed by atoms with Crippen molar-refractivity contribution in [1.82, 2.24) is 5.32 Å². The zero-order valence-corrected chi connectivity index (χ0v) is 14.3. The standard InChI is InChI=1S/C18H21ClN2O2/c1-12-5-4-6-16(14(12)3)21-18(22)20-9-10-23-17-8-7-15(19)11-13(17)2/h4-8,11H,9-10H2,1-3H3,(H2,20,21,22). The summed E-state index contributed by atoms with van der Waals surface area (Å²) in [6, 6.07) is 11.0. The maximum absolute atomic E-state index is 11.9. The summed E-state index contributed by atoms with van der Waals surface area (Å²) in [6.45, 7) is 6.74. The average molecular weight is 333 g/mol. The quantitative estimate of drug-likeness (QED) is 0.794. The highest BCUT2D eigenvalue weighted by atomic mass is 35.5. The van der Waals surface area contributed by atoms with Gasteiger partial charge in [0.15, 0.2) is 0 Å². The molecular formula is C18H21ClN2O2. The molecule has 2 amide bonds. The highest BCUT2D eigenvalue weighted by Gasteiger charge is 2.05. The summed E-state index contributed by atoms with van der Waals surface area (Å²) in [6.07, 6.45) is 0. The number of hydrogen-bond donors (Lipinski definition) is 2. The topological polar surface area (TPSA) is 50.4 Å². The predicted molar refractivity (Wildman–Crippen MR) is 94.6 cm³/mol. The first-order valence-corrected chi connectivity index (χ1v) is 7.85. The lowest BCUT2D eigenvalue weighted by Gasteiger charge is -2.12. The minimum absolute atomic E-state index is 0.241. The largest absolute Gasteiger partial charge is 0.491 e. The number of halogens is 1. The Morgan fingerprint density at radius 3 is 2.65 bits per heavy atom. The first kappa shape index (κ1) is 17.2. The smallest absolute Gasteiger partial charge is 0.319 e. The number of amides is 2. The molecule has 0 atom stereocenters. The second-order valence-corrected chi connectivity index (χ2v) is 5.82. The van der Waals surface area contributed by atoms with Crippen LogP contribution in [0.4, 0.5) is 10.5 Å². The minimum Gasteiger partial charge on any atom is -0.491 e. The van der Waals surface area contributed by atoms with Gasteiger partial charge >= 0.3 is 6.03 Å². The fourth-order valence-electron chi connectivity index (χ4n) is 2.15. The van der Waals surface area contributed by atoms with Crippen LogP contribution >= 0.6 is 11.6 Å². The zero-order chi connectivity index (χ0) is 16.8. The third kappa shape index (κ3) is 4.89. The Balaban J connectivity index is 1.78. The van der Waals surface area contributed by atoms with Crippen molar-refractivity contribution >= 4 is 23.3 Å². The fraction of sp³-hybridized carbons (Fsp3) is 0.278. The van der Waals surface area contributed by atoms with Crippen LogP contribution in [0.25, 0.3) is 0 Å². The van der Waals surface area contributed by atoms with Gasteiger partial charge in [0, 0.05) is 10.7 Å². The van der Waals surface area contributed by atoms with Crippen molar-refractivity contribution in [3.05, 3.63) is 58.1 Å². The van der Waals surface area contributed by atoms with Crippen LogP contribution in [0.1, 0.15) is 16.7 Å². The predicted octanol–water partition coefficient (Wildman–Crippen LogP) is 4.47. The Morgan fingerprint density at radius 1 is 1.13 bits per heavy atom. The number of hydrogen-bond acceptors (Lipinski definition) is 2. The van der Waals surface area contributed by atoms with Gasteiger partial charge in [-0.2, -0.15) is 0 Å². The van der Waals surface area contributed by atoms with Gasteiger partial charge in [0.2, 0.25) is 0 Å². The van der Waals surface area contributed by atoms with Crippen molar-refractivity contribution in [3.63, 3.8) is 0 Å². The third-order valence-corrected chi connectivity index (χ3v) is 3.87. The molecule has 2 aromatic carbocycles. The molecule has 23 heavy (non-hydrogen) atoms. The number of carbonyl (C=O) groups excluding carboxylic acids is 1. The molecule has 0 heterocycles. The molecule has 2 N–H and O–H groups in total. The van der Waals surface area contributed by atoms with Crippen molar-refractivity contribution < 1.29 is 9.53 Å². The lowest BCUT2D eigenvalue weighted by atomic mass is 10.1. The molecule has 0 aromatic heterocycles. The number of ether oxygens (including phenoxy) is 1. The van der Waals surface area contributed by atoms with E-state index in [9.17, 15) is 4.79 Å². The van der Waals surface area contributed by atoms with Gasteiger partial charge in [-0.1, -0.05) is 23.7 Å². The molecule has 122 valence electrons. The molecule has 0 spiro atoms. The normalized spacial score (nSPS) is 10.3. The summed E-state index contributed by atoms with van der Waals surface area (Å²) in [5.41, 5.74) is 3.99. The molecule has 0 fully saturated rings. The van der Waals surface area contributed by atoms with E-state index < -0.39 is 0 Å². The van der Waals surface area contributed by atoms with Crippen LogP contribution in [0.15, 0.2) is 36.4 Å². The first-order valence-electron chi connectivity index (χ1n) is 7.47. The van der Waals surface area contributed by atoms with Crippen LogP contribution in [-0.2, 0) is 0 Å². The Morgan fingerprint density at radius 2 is 1.91 bits per heavy atom. The summed E-state index contributed by atoms with van der Waals surface area (Å²) >= 11 is 5.90. The number of nitrogens with one attached hydrogen (secondary N) is 2. The van der Waals surface area contributed by atoms with E-state index in [1.54, 1.807) is 6.07 Å². The molecule has 0 aliphatic rings. The molecule has 0 saturated heterocycles. The summed E-state index contributed by atoms with van der Waals surface area (Å²) in [5, 5.41) is 6.30. The molecular weight excluding hydrogens is 312 g/mol. The van der Waals surface area contributed by atoms with Crippen molar-refractivity contribution in [3.8, 4) is 5.75 Å². The first-order chi connectivity index (χ1) is 11.0. The van der Waals surface area contributed by atoms with E-state index in [-0.39, 0.29) is 6.03 Å². The van der Waals surface area contributed by atoms with Crippen LogP contribution in [0.5, 0.6) is 5.75 Å². The molecule has 0 aliphatic carbocycles. The second-order valence-electron chi connectivity index (χ2n) is 5.39. The number of aryl methyl sites for hydroxylation is 2.